The Morgan fingerprint density at radius 3 is 2.93 bits per heavy atom. The third kappa shape index (κ3) is 2.19. The van der Waals surface area contributed by atoms with Gasteiger partial charge < -0.3 is 5.11 Å². The summed E-state index contributed by atoms with van der Waals surface area (Å²) in [6, 6.07) is 6.98. The van der Waals surface area contributed by atoms with Crippen molar-refractivity contribution in [2.75, 3.05) is 20.2 Å². The third-order valence-electron chi connectivity index (χ3n) is 3.13. The number of benzene rings is 1. The number of likely N-dealkylation sites (tertiary alicyclic amines) is 1. The Labute approximate surface area is 89.3 Å². The molecule has 1 aromatic carbocycles. The van der Waals surface area contributed by atoms with Crippen molar-refractivity contribution in [1.82, 2.24) is 4.90 Å². The lowest BCUT2D eigenvalue weighted by Gasteiger charge is -2.19. The molecule has 1 fully saturated rings. The molecule has 15 heavy (non-hydrogen) atoms. The van der Waals surface area contributed by atoms with Crippen LogP contribution in [0.15, 0.2) is 24.3 Å². The summed E-state index contributed by atoms with van der Waals surface area (Å²) >= 11 is 0. The first-order chi connectivity index (χ1) is 7.20. The third-order valence-corrected chi connectivity index (χ3v) is 3.13. The number of nitrogens with zero attached hydrogens (tertiary/aromatic N) is 1. The quantitative estimate of drug-likeness (QED) is 0.803. The van der Waals surface area contributed by atoms with Crippen LogP contribution < -0.4 is 0 Å². The van der Waals surface area contributed by atoms with Gasteiger partial charge in [-0.2, -0.15) is 0 Å². The SMILES string of the molecule is CN1C[C@H](CO)C[C@H]1c1cccc(F)c1. The Bertz CT molecular complexity index is 342. The molecule has 2 atom stereocenters. The fraction of sp³-hybridized carbons (Fsp3) is 0.500. The molecule has 82 valence electrons. The molecule has 1 aromatic rings. The fourth-order valence-electron chi connectivity index (χ4n) is 2.34. The summed E-state index contributed by atoms with van der Waals surface area (Å²) in [6.07, 6.45) is 0.913. The van der Waals surface area contributed by atoms with Crippen molar-refractivity contribution in [3.8, 4) is 0 Å². The van der Waals surface area contributed by atoms with E-state index in [2.05, 4.69) is 4.90 Å². The number of aliphatic hydroxyl groups is 1. The van der Waals surface area contributed by atoms with Gasteiger partial charge in [0, 0.05) is 19.2 Å². The number of hydrogen-bond donors (Lipinski definition) is 1. The van der Waals surface area contributed by atoms with Gasteiger partial charge in [-0.1, -0.05) is 12.1 Å². The highest BCUT2D eigenvalue weighted by Crippen LogP contribution is 2.33. The molecule has 1 N–H and O–H groups in total. The Morgan fingerprint density at radius 1 is 1.53 bits per heavy atom. The van der Waals surface area contributed by atoms with Gasteiger partial charge in [0.15, 0.2) is 0 Å². The van der Waals surface area contributed by atoms with E-state index in [0.717, 1.165) is 18.5 Å². The zero-order valence-corrected chi connectivity index (χ0v) is 8.86. The molecular formula is C12H16FNO. The van der Waals surface area contributed by atoms with Crippen molar-refractivity contribution in [3.63, 3.8) is 0 Å². The second-order valence-electron chi connectivity index (χ2n) is 4.29. The van der Waals surface area contributed by atoms with Gasteiger partial charge in [-0.25, -0.2) is 4.39 Å². The predicted octanol–water partition coefficient (Wildman–Crippen LogP) is 1.81. The topological polar surface area (TPSA) is 23.5 Å². The van der Waals surface area contributed by atoms with E-state index in [9.17, 15) is 4.39 Å². The van der Waals surface area contributed by atoms with E-state index >= 15 is 0 Å². The molecule has 0 radical (unpaired) electrons. The molecule has 3 heteroatoms. The van der Waals surface area contributed by atoms with Gasteiger partial charge in [0.05, 0.1) is 0 Å². The van der Waals surface area contributed by atoms with Gasteiger partial charge >= 0.3 is 0 Å². The summed E-state index contributed by atoms with van der Waals surface area (Å²) in [7, 11) is 2.02. The van der Waals surface area contributed by atoms with Gasteiger partial charge in [0.1, 0.15) is 5.82 Å². The highest BCUT2D eigenvalue weighted by molar-refractivity contribution is 5.21. The second-order valence-corrected chi connectivity index (χ2v) is 4.29. The molecule has 2 nitrogen and oxygen atoms in total. The van der Waals surface area contributed by atoms with Crippen LogP contribution in [-0.2, 0) is 0 Å². The Morgan fingerprint density at radius 2 is 2.33 bits per heavy atom. The minimum Gasteiger partial charge on any atom is -0.396 e. The molecule has 0 saturated carbocycles. The Balaban J connectivity index is 2.17. The number of halogens is 1. The minimum absolute atomic E-state index is 0.187. The van der Waals surface area contributed by atoms with Crippen LogP contribution in [0.5, 0.6) is 0 Å². The van der Waals surface area contributed by atoms with Crippen molar-refractivity contribution < 1.29 is 9.50 Å². The maximum absolute atomic E-state index is 13.1. The van der Waals surface area contributed by atoms with Crippen molar-refractivity contribution in [1.29, 1.82) is 0 Å². The predicted molar refractivity (Wildman–Crippen MR) is 57.0 cm³/mol. The number of hydrogen-bond acceptors (Lipinski definition) is 2. The van der Waals surface area contributed by atoms with Crippen LogP contribution in [0.3, 0.4) is 0 Å². The van der Waals surface area contributed by atoms with E-state index in [1.807, 2.05) is 13.1 Å². The molecular weight excluding hydrogens is 193 g/mol. The van der Waals surface area contributed by atoms with Gasteiger partial charge in [0.2, 0.25) is 0 Å². The van der Waals surface area contributed by atoms with Crippen LogP contribution >= 0.6 is 0 Å². The zero-order valence-electron chi connectivity index (χ0n) is 8.86. The van der Waals surface area contributed by atoms with E-state index in [0.29, 0.717) is 5.92 Å². The summed E-state index contributed by atoms with van der Waals surface area (Å²) in [4.78, 5) is 2.18. The van der Waals surface area contributed by atoms with Crippen LogP contribution in [0.2, 0.25) is 0 Å². The summed E-state index contributed by atoms with van der Waals surface area (Å²) in [5.41, 5.74) is 1.01. The van der Waals surface area contributed by atoms with E-state index in [1.54, 1.807) is 12.1 Å². The van der Waals surface area contributed by atoms with Gasteiger partial charge in [-0.15, -0.1) is 0 Å². The molecule has 0 spiro atoms. The van der Waals surface area contributed by atoms with Crippen LogP contribution in [0.25, 0.3) is 0 Å². The average molecular weight is 209 g/mol. The van der Waals surface area contributed by atoms with E-state index in [-0.39, 0.29) is 18.5 Å². The van der Waals surface area contributed by atoms with Crippen molar-refractivity contribution in [2.45, 2.75) is 12.5 Å². The summed E-state index contributed by atoms with van der Waals surface area (Å²) in [5.74, 6) is 0.136. The Kier molecular flexibility index (Phi) is 3.03. The van der Waals surface area contributed by atoms with Crippen LogP contribution in [0, 0.1) is 11.7 Å². The van der Waals surface area contributed by atoms with E-state index < -0.39 is 0 Å². The molecule has 0 aromatic heterocycles. The first-order valence-electron chi connectivity index (χ1n) is 5.27. The highest BCUT2D eigenvalue weighted by atomic mass is 19.1. The molecule has 1 saturated heterocycles. The fourth-order valence-corrected chi connectivity index (χ4v) is 2.34. The van der Waals surface area contributed by atoms with Gasteiger partial charge in [0.25, 0.3) is 0 Å². The monoisotopic (exact) mass is 209 g/mol. The molecule has 0 unspecified atom stereocenters. The standard InChI is InChI=1S/C12H16FNO/c1-14-7-9(8-15)5-12(14)10-3-2-4-11(13)6-10/h2-4,6,9,12,15H,5,7-8H2,1H3/t9-,12+/m1/s1. The van der Waals surface area contributed by atoms with Crippen molar-refractivity contribution in [3.05, 3.63) is 35.6 Å². The second kappa shape index (κ2) is 4.29. The highest BCUT2D eigenvalue weighted by Gasteiger charge is 2.29. The molecule has 1 heterocycles. The average Bonchev–Trinajstić information content (AvgIpc) is 2.60. The number of rotatable bonds is 2. The summed E-state index contributed by atoms with van der Waals surface area (Å²) in [6.45, 7) is 1.10. The molecule has 1 aliphatic rings. The lowest BCUT2D eigenvalue weighted by Crippen LogP contribution is -2.19. The number of aliphatic hydroxyl groups excluding tert-OH is 1. The van der Waals surface area contributed by atoms with E-state index in [4.69, 9.17) is 5.11 Å². The maximum atomic E-state index is 13.1. The molecule has 1 aliphatic heterocycles. The first kappa shape index (κ1) is 10.6. The smallest absolute Gasteiger partial charge is 0.123 e. The first-order valence-corrected chi connectivity index (χ1v) is 5.27. The molecule has 0 bridgehead atoms. The largest absolute Gasteiger partial charge is 0.396 e. The van der Waals surface area contributed by atoms with Crippen LogP contribution in [0.4, 0.5) is 4.39 Å². The molecule has 0 aliphatic carbocycles. The lowest BCUT2D eigenvalue weighted by atomic mass is 10.0. The van der Waals surface area contributed by atoms with Gasteiger partial charge in [-0.3, -0.25) is 4.90 Å². The zero-order chi connectivity index (χ0) is 10.8. The van der Waals surface area contributed by atoms with Crippen molar-refractivity contribution in [2.24, 2.45) is 5.92 Å². The van der Waals surface area contributed by atoms with Gasteiger partial charge in [-0.05, 0) is 37.1 Å². The summed E-state index contributed by atoms with van der Waals surface area (Å²) < 4.78 is 13.1. The van der Waals surface area contributed by atoms with Crippen LogP contribution in [-0.4, -0.2) is 30.2 Å². The normalized spacial score (nSPS) is 27.1. The minimum atomic E-state index is -0.187. The van der Waals surface area contributed by atoms with Crippen molar-refractivity contribution >= 4 is 0 Å². The molecule has 0 amide bonds. The van der Waals surface area contributed by atoms with E-state index in [1.165, 1.54) is 6.07 Å². The maximum Gasteiger partial charge on any atom is 0.123 e. The summed E-state index contributed by atoms with van der Waals surface area (Å²) in [5, 5.41) is 9.10. The molecule has 2 rings (SSSR count). The Hall–Kier alpha value is -0.930. The lowest BCUT2D eigenvalue weighted by molar-refractivity contribution is 0.227. The van der Waals surface area contributed by atoms with Crippen LogP contribution in [0.1, 0.15) is 18.0 Å².